The molecule has 21 heavy (non-hydrogen) atoms. The van der Waals surface area contributed by atoms with Gasteiger partial charge in [0, 0.05) is 12.0 Å². The summed E-state index contributed by atoms with van der Waals surface area (Å²) in [5.74, 6) is 1.23. The van der Waals surface area contributed by atoms with Gasteiger partial charge >= 0.3 is 0 Å². The summed E-state index contributed by atoms with van der Waals surface area (Å²) in [5.41, 5.74) is 1.82. The molecule has 1 aliphatic rings. The van der Waals surface area contributed by atoms with Gasteiger partial charge in [-0.3, -0.25) is 0 Å². The van der Waals surface area contributed by atoms with E-state index in [0.717, 1.165) is 18.0 Å². The number of fused-ring (bicyclic) bond motifs is 1. The number of hydrogen-bond acceptors (Lipinski definition) is 3. The van der Waals surface area contributed by atoms with Gasteiger partial charge in [0.25, 0.3) is 0 Å². The van der Waals surface area contributed by atoms with Crippen LogP contribution in [0.25, 0.3) is 11.1 Å². The molecule has 1 atom stereocenters. The molecule has 114 valence electrons. The third-order valence-electron chi connectivity index (χ3n) is 4.41. The minimum Gasteiger partial charge on any atom is -0.437 e. The average Bonchev–Trinajstić information content (AvgIpc) is 2.81. The van der Waals surface area contributed by atoms with Crippen molar-refractivity contribution in [2.45, 2.75) is 52.0 Å². The molecule has 0 aliphatic heterocycles. The van der Waals surface area contributed by atoms with Crippen LogP contribution < -0.4 is 5.32 Å². The Bertz CT molecular complexity index is 631. The molecule has 0 amide bonds. The van der Waals surface area contributed by atoms with E-state index in [0.29, 0.717) is 11.4 Å². The lowest BCUT2D eigenvalue weighted by Gasteiger charge is -2.27. The summed E-state index contributed by atoms with van der Waals surface area (Å²) in [6, 6.07) is 3.63. The number of halogens is 1. The molecule has 1 aromatic heterocycles. The van der Waals surface area contributed by atoms with Gasteiger partial charge in [-0.1, -0.05) is 20.3 Å². The van der Waals surface area contributed by atoms with Crippen LogP contribution in [0.5, 0.6) is 0 Å². The van der Waals surface area contributed by atoms with Crippen molar-refractivity contribution in [3.05, 3.63) is 29.4 Å². The fourth-order valence-corrected chi connectivity index (χ4v) is 2.68. The van der Waals surface area contributed by atoms with Gasteiger partial charge in [0.2, 0.25) is 0 Å². The first-order valence-electron chi connectivity index (χ1n) is 7.88. The van der Waals surface area contributed by atoms with Crippen molar-refractivity contribution < 1.29 is 8.81 Å². The SMILES string of the molecule is CC(C)c1nc2cc(C(C)NCC3CCC3)cc(F)c2o1. The monoisotopic (exact) mass is 290 g/mol. The zero-order valence-corrected chi connectivity index (χ0v) is 12.9. The summed E-state index contributed by atoms with van der Waals surface area (Å²) in [5, 5.41) is 3.50. The Morgan fingerprint density at radius 1 is 1.33 bits per heavy atom. The second-order valence-electron chi connectivity index (χ2n) is 6.48. The molecule has 0 spiro atoms. The molecule has 1 aliphatic carbocycles. The summed E-state index contributed by atoms with van der Waals surface area (Å²) < 4.78 is 19.7. The zero-order valence-electron chi connectivity index (χ0n) is 12.9. The highest BCUT2D eigenvalue weighted by atomic mass is 19.1. The fraction of sp³-hybridized carbons (Fsp3) is 0.588. The van der Waals surface area contributed by atoms with Gasteiger partial charge in [0.05, 0.1) is 0 Å². The number of oxazole rings is 1. The lowest BCUT2D eigenvalue weighted by atomic mass is 9.85. The summed E-state index contributed by atoms with van der Waals surface area (Å²) in [6.45, 7) is 7.07. The van der Waals surface area contributed by atoms with Crippen molar-refractivity contribution in [1.29, 1.82) is 0 Å². The first kappa shape index (κ1) is 14.5. The van der Waals surface area contributed by atoms with Gasteiger partial charge in [-0.25, -0.2) is 9.37 Å². The van der Waals surface area contributed by atoms with Crippen LogP contribution in [0.3, 0.4) is 0 Å². The third-order valence-corrected chi connectivity index (χ3v) is 4.41. The molecule has 1 N–H and O–H groups in total. The van der Waals surface area contributed by atoms with E-state index < -0.39 is 0 Å². The third kappa shape index (κ3) is 2.95. The smallest absolute Gasteiger partial charge is 0.198 e. The molecule has 1 unspecified atom stereocenters. The highest BCUT2D eigenvalue weighted by Crippen LogP contribution is 2.28. The van der Waals surface area contributed by atoms with Crippen molar-refractivity contribution in [2.24, 2.45) is 5.92 Å². The van der Waals surface area contributed by atoms with Crippen molar-refractivity contribution in [2.75, 3.05) is 6.54 Å². The van der Waals surface area contributed by atoms with E-state index in [-0.39, 0.29) is 23.4 Å². The van der Waals surface area contributed by atoms with E-state index >= 15 is 0 Å². The number of rotatable bonds is 5. The molecule has 4 heteroatoms. The second kappa shape index (κ2) is 5.76. The standard InChI is InChI=1S/C17H23FN2O/c1-10(2)17-20-15-8-13(7-14(18)16(15)21-17)11(3)19-9-12-5-4-6-12/h7-8,10-12,19H,4-6,9H2,1-3H3. The van der Waals surface area contributed by atoms with Crippen molar-refractivity contribution >= 4 is 11.1 Å². The lowest BCUT2D eigenvalue weighted by molar-refractivity contribution is 0.292. The molecule has 1 fully saturated rings. The van der Waals surface area contributed by atoms with Gasteiger partial charge < -0.3 is 9.73 Å². The maximum absolute atomic E-state index is 14.2. The Morgan fingerprint density at radius 2 is 2.10 bits per heavy atom. The van der Waals surface area contributed by atoms with Gasteiger partial charge in [-0.2, -0.15) is 0 Å². The summed E-state index contributed by atoms with van der Waals surface area (Å²) in [6.07, 6.45) is 3.97. The summed E-state index contributed by atoms with van der Waals surface area (Å²) >= 11 is 0. The van der Waals surface area contributed by atoms with E-state index in [2.05, 4.69) is 17.2 Å². The highest BCUT2D eigenvalue weighted by Gasteiger charge is 2.20. The van der Waals surface area contributed by atoms with Gasteiger partial charge in [-0.15, -0.1) is 0 Å². The topological polar surface area (TPSA) is 38.1 Å². The van der Waals surface area contributed by atoms with Crippen LogP contribution in [0.15, 0.2) is 16.5 Å². The van der Waals surface area contributed by atoms with E-state index in [1.54, 1.807) is 6.07 Å². The number of benzene rings is 1. The Kier molecular flexibility index (Phi) is 3.98. The van der Waals surface area contributed by atoms with Crippen LogP contribution in [-0.4, -0.2) is 11.5 Å². The van der Waals surface area contributed by atoms with Gasteiger partial charge in [0.1, 0.15) is 5.52 Å². The van der Waals surface area contributed by atoms with Gasteiger partial charge in [-0.05, 0) is 49.9 Å². The molecule has 1 saturated carbocycles. The van der Waals surface area contributed by atoms with E-state index in [1.807, 2.05) is 19.9 Å². The van der Waals surface area contributed by atoms with Crippen LogP contribution >= 0.6 is 0 Å². The maximum Gasteiger partial charge on any atom is 0.198 e. The Hall–Kier alpha value is -1.42. The predicted molar refractivity (Wildman–Crippen MR) is 81.8 cm³/mol. The number of aromatic nitrogens is 1. The second-order valence-corrected chi connectivity index (χ2v) is 6.48. The summed E-state index contributed by atoms with van der Waals surface area (Å²) in [7, 11) is 0. The predicted octanol–water partition coefficient (Wildman–Crippen LogP) is 4.54. The molecule has 1 heterocycles. The number of nitrogens with one attached hydrogen (secondary N) is 1. The van der Waals surface area contributed by atoms with E-state index in [9.17, 15) is 4.39 Å². The minimum atomic E-state index is -0.320. The zero-order chi connectivity index (χ0) is 15.0. The van der Waals surface area contributed by atoms with Crippen molar-refractivity contribution in [3.8, 4) is 0 Å². The number of nitrogens with zero attached hydrogens (tertiary/aromatic N) is 1. The van der Waals surface area contributed by atoms with Crippen LogP contribution in [0, 0.1) is 11.7 Å². The van der Waals surface area contributed by atoms with Crippen molar-refractivity contribution in [1.82, 2.24) is 10.3 Å². The lowest BCUT2D eigenvalue weighted by Crippen LogP contribution is -2.29. The molecule has 3 nitrogen and oxygen atoms in total. The maximum atomic E-state index is 14.2. The molecule has 0 saturated heterocycles. The quantitative estimate of drug-likeness (QED) is 0.878. The first-order valence-corrected chi connectivity index (χ1v) is 7.88. The fourth-order valence-electron chi connectivity index (χ4n) is 2.68. The molecule has 0 bridgehead atoms. The van der Waals surface area contributed by atoms with E-state index in [4.69, 9.17) is 4.42 Å². The Balaban J connectivity index is 1.81. The highest BCUT2D eigenvalue weighted by molar-refractivity contribution is 5.74. The molecular formula is C17H23FN2O. The van der Waals surface area contributed by atoms with Crippen LogP contribution in [-0.2, 0) is 0 Å². The van der Waals surface area contributed by atoms with Gasteiger partial charge in [0.15, 0.2) is 17.3 Å². The minimum absolute atomic E-state index is 0.128. The first-order chi connectivity index (χ1) is 10.0. The average molecular weight is 290 g/mol. The van der Waals surface area contributed by atoms with Crippen LogP contribution in [0.2, 0.25) is 0 Å². The number of hydrogen-bond donors (Lipinski definition) is 1. The van der Waals surface area contributed by atoms with Crippen LogP contribution in [0.4, 0.5) is 4.39 Å². The summed E-state index contributed by atoms with van der Waals surface area (Å²) in [4.78, 5) is 4.40. The van der Waals surface area contributed by atoms with E-state index in [1.165, 1.54) is 19.3 Å². The molecule has 3 rings (SSSR count). The van der Waals surface area contributed by atoms with Crippen molar-refractivity contribution in [3.63, 3.8) is 0 Å². The molecule has 0 radical (unpaired) electrons. The van der Waals surface area contributed by atoms with Crippen LogP contribution in [0.1, 0.15) is 63.4 Å². The molecule has 1 aromatic carbocycles. The Labute approximate surface area is 124 Å². The molecule has 2 aromatic rings. The normalized spacial score (nSPS) is 17.4. The molecular weight excluding hydrogens is 267 g/mol. The largest absolute Gasteiger partial charge is 0.437 e. The Morgan fingerprint density at radius 3 is 2.71 bits per heavy atom.